The third-order valence-electron chi connectivity index (χ3n) is 4.62. The van der Waals surface area contributed by atoms with E-state index in [4.69, 9.17) is 0 Å². The monoisotopic (exact) mass is 386 g/mol. The lowest BCUT2D eigenvalue weighted by Crippen LogP contribution is -2.36. The van der Waals surface area contributed by atoms with Crippen molar-refractivity contribution in [1.29, 1.82) is 5.26 Å². The van der Waals surface area contributed by atoms with Crippen LogP contribution in [0.2, 0.25) is 0 Å². The van der Waals surface area contributed by atoms with E-state index in [0.717, 1.165) is 0 Å². The number of nitrogens with one attached hydrogen (secondary N) is 2. The maximum atomic E-state index is 13.1. The van der Waals surface area contributed by atoms with Gasteiger partial charge in [-0.2, -0.15) is 5.26 Å². The van der Waals surface area contributed by atoms with E-state index in [1.54, 1.807) is 25.1 Å². The van der Waals surface area contributed by atoms with Gasteiger partial charge >= 0.3 is 0 Å². The van der Waals surface area contributed by atoms with E-state index in [0.29, 0.717) is 38.7 Å². The SMILES string of the molecule is Cc1c(C#N)c2nc3ccccc3n2c(=O)c1=CNNc1ccc([N+](=O)[O-])cc1. The number of anilines is 1. The smallest absolute Gasteiger partial charge is 0.269 e. The number of benzene rings is 2. The first kappa shape index (κ1) is 17.9. The minimum absolute atomic E-state index is 0.0201. The van der Waals surface area contributed by atoms with Crippen LogP contribution in [-0.2, 0) is 0 Å². The molecular weight excluding hydrogens is 372 g/mol. The number of para-hydroxylation sites is 2. The third kappa shape index (κ3) is 2.98. The molecule has 0 fully saturated rings. The lowest BCUT2D eigenvalue weighted by Gasteiger charge is -2.06. The number of nitro groups is 1. The molecular formula is C20H14N6O3. The molecule has 0 radical (unpaired) electrons. The Kier molecular flexibility index (Phi) is 4.29. The summed E-state index contributed by atoms with van der Waals surface area (Å²) in [5, 5.41) is 20.7. The first-order chi connectivity index (χ1) is 14.0. The van der Waals surface area contributed by atoms with Crippen LogP contribution in [0.3, 0.4) is 0 Å². The maximum absolute atomic E-state index is 13.1. The van der Waals surface area contributed by atoms with E-state index < -0.39 is 4.92 Å². The summed E-state index contributed by atoms with van der Waals surface area (Å²) in [4.78, 5) is 27.8. The molecule has 0 saturated carbocycles. The predicted molar refractivity (Wildman–Crippen MR) is 108 cm³/mol. The summed E-state index contributed by atoms with van der Waals surface area (Å²) in [6.45, 7) is 1.69. The van der Waals surface area contributed by atoms with Crippen molar-refractivity contribution in [2.75, 3.05) is 5.43 Å². The van der Waals surface area contributed by atoms with Gasteiger partial charge in [0.05, 0.1) is 32.4 Å². The van der Waals surface area contributed by atoms with Crippen molar-refractivity contribution in [1.82, 2.24) is 14.8 Å². The van der Waals surface area contributed by atoms with Crippen LogP contribution in [0, 0.1) is 28.4 Å². The van der Waals surface area contributed by atoms with Crippen LogP contribution in [-0.4, -0.2) is 14.3 Å². The molecule has 9 nitrogen and oxygen atoms in total. The van der Waals surface area contributed by atoms with Crippen LogP contribution >= 0.6 is 0 Å². The van der Waals surface area contributed by atoms with Crippen molar-refractivity contribution in [3.05, 3.63) is 85.3 Å². The number of nitrogens with zero attached hydrogens (tertiary/aromatic N) is 4. The number of fused-ring (bicyclic) bond motifs is 3. The zero-order valence-electron chi connectivity index (χ0n) is 15.2. The number of imidazole rings is 1. The number of hydrogen-bond acceptors (Lipinski definition) is 7. The largest absolute Gasteiger partial charge is 0.307 e. The van der Waals surface area contributed by atoms with Gasteiger partial charge in [-0.05, 0) is 36.8 Å². The Balaban J connectivity index is 1.79. The summed E-state index contributed by atoms with van der Waals surface area (Å²) < 4.78 is 1.43. The molecule has 2 aromatic heterocycles. The highest BCUT2D eigenvalue weighted by molar-refractivity contribution is 5.82. The molecule has 0 amide bonds. The first-order valence-corrected chi connectivity index (χ1v) is 8.61. The lowest BCUT2D eigenvalue weighted by atomic mass is 10.1. The fourth-order valence-corrected chi connectivity index (χ4v) is 3.14. The number of rotatable bonds is 4. The highest BCUT2D eigenvalue weighted by atomic mass is 16.6. The Bertz CT molecular complexity index is 1420. The van der Waals surface area contributed by atoms with Gasteiger partial charge in [0.25, 0.3) is 11.2 Å². The second-order valence-corrected chi connectivity index (χ2v) is 6.31. The second-order valence-electron chi connectivity index (χ2n) is 6.31. The number of non-ortho nitro benzene ring substituents is 1. The van der Waals surface area contributed by atoms with Crippen molar-refractivity contribution >= 4 is 34.3 Å². The molecule has 29 heavy (non-hydrogen) atoms. The van der Waals surface area contributed by atoms with Crippen LogP contribution in [0.25, 0.3) is 22.9 Å². The van der Waals surface area contributed by atoms with E-state index in [-0.39, 0.29) is 11.2 Å². The van der Waals surface area contributed by atoms with E-state index in [1.165, 1.54) is 34.9 Å². The molecule has 0 aliphatic heterocycles. The normalized spacial score (nSPS) is 11.5. The van der Waals surface area contributed by atoms with Gasteiger partial charge in [0.2, 0.25) is 0 Å². The molecule has 2 N–H and O–H groups in total. The predicted octanol–water partition coefficient (Wildman–Crippen LogP) is 2.01. The van der Waals surface area contributed by atoms with Gasteiger partial charge in [0.1, 0.15) is 6.07 Å². The van der Waals surface area contributed by atoms with Gasteiger partial charge in [-0.25, -0.2) is 4.98 Å². The average molecular weight is 386 g/mol. The van der Waals surface area contributed by atoms with Crippen LogP contribution in [0.4, 0.5) is 11.4 Å². The average Bonchev–Trinajstić information content (AvgIpc) is 3.10. The van der Waals surface area contributed by atoms with Crippen LogP contribution in [0.15, 0.2) is 53.3 Å². The molecule has 4 rings (SSSR count). The van der Waals surface area contributed by atoms with Gasteiger partial charge in [0, 0.05) is 18.3 Å². The summed E-state index contributed by atoms with van der Waals surface area (Å²) in [6, 6.07) is 15.1. The van der Waals surface area contributed by atoms with Gasteiger partial charge in [-0.3, -0.25) is 19.3 Å². The summed E-state index contributed by atoms with van der Waals surface area (Å²) >= 11 is 0. The lowest BCUT2D eigenvalue weighted by molar-refractivity contribution is -0.384. The number of pyridine rings is 1. The quantitative estimate of drug-likeness (QED) is 0.406. The van der Waals surface area contributed by atoms with Crippen molar-refractivity contribution in [2.45, 2.75) is 6.92 Å². The molecule has 0 spiro atoms. The van der Waals surface area contributed by atoms with Gasteiger partial charge in [-0.1, -0.05) is 12.1 Å². The van der Waals surface area contributed by atoms with Crippen LogP contribution in [0.5, 0.6) is 0 Å². The highest BCUT2D eigenvalue weighted by Crippen LogP contribution is 2.17. The van der Waals surface area contributed by atoms with Gasteiger partial charge < -0.3 is 10.9 Å². The molecule has 2 aromatic carbocycles. The Hall–Kier alpha value is -4.45. The highest BCUT2D eigenvalue weighted by Gasteiger charge is 2.15. The molecule has 0 aliphatic carbocycles. The third-order valence-corrected chi connectivity index (χ3v) is 4.62. The molecule has 9 heteroatoms. The summed E-state index contributed by atoms with van der Waals surface area (Å²) in [6.07, 6.45) is 1.47. The standard InChI is InChI=1S/C20H14N6O3/c1-12-15(10-21)19-23-17-4-2-3-5-18(17)25(19)20(27)16(12)11-22-24-13-6-8-14(9-7-13)26(28)29/h2-9,11,22,24H,1H3. The number of nitro benzene ring substituents is 1. The second kappa shape index (κ2) is 6.94. The Morgan fingerprint density at radius 1 is 1.21 bits per heavy atom. The van der Waals surface area contributed by atoms with Crippen molar-refractivity contribution in [2.24, 2.45) is 0 Å². The zero-order chi connectivity index (χ0) is 20.5. The minimum atomic E-state index is -0.482. The molecule has 0 saturated heterocycles. The molecule has 0 unspecified atom stereocenters. The molecule has 142 valence electrons. The minimum Gasteiger partial charge on any atom is -0.307 e. The van der Waals surface area contributed by atoms with Crippen molar-refractivity contribution in [3.63, 3.8) is 0 Å². The zero-order valence-corrected chi connectivity index (χ0v) is 15.2. The molecule has 0 atom stereocenters. The van der Waals surface area contributed by atoms with Crippen molar-refractivity contribution in [3.8, 4) is 6.07 Å². The number of hydrazine groups is 1. The first-order valence-electron chi connectivity index (χ1n) is 8.61. The Morgan fingerprint density at radius 2 is 1.93 bits per heavy atom. The molecule has 4 aromatic rings. The summed E-state index contributed by atoms with van der Waals surface area (Å²) in [7, 11) is 0. The topological polar surface area (TPSA) is 125 Å². The Labute approximate surface area is 163 Å². The summed E-state index contributed by atoms with van der Waals surface area (Å²) in [5.41, 5.74) is 8.35. The Morgan fingerprint density at radius 3 is 2.62 bits per heavy atom. The van der Waals surface area contributed by atoms with E-state index in [9.17, 15) is 20.2 Å². The van der Waals surface area contributed by atoms with Crippen LogP contribution in [0.1, 0.15) is 11.1 Å². The van der Waals surface area contributed by atoms with Gasteiger partial charge in [-0.15, -0.1) is 0 Å². The fraction of sp³-hybridized carbons (Fsp3) is 0.0500. The molecule has 0 aliphatic rings. The number of hydrogen-bond donors (Lipinski definition) is 2. The molecule has 2 heterocycles. The molecule has 0 bridgehead atoms. The number of nitriles is 1. The van der Waals surface area contributed by atoms with Crippen LogP contribution < -0.4 is 21.6 Å². The van der Waals surface area contributed by atoms with Crippen molar-refractivity contribution < 1.29 is 4.92 Å². The van der Waals surface area contributed by atoms with E-state index in [2.05, 4.69) is 21.9 Å². The summed E-state index contributed by atoms with van der Waals surface area (Å²) in [5.74, 6) is 0. The van der Waals surface area contributed by atoms with Gasteiger partial charge in [0.15, 0.2) is 5.65 Å². The fourth-order valence-electron chi connectivity index (χ4n) is 3.14. The van der Waals surface area contributed by atoms with E-state index >= 15 is 0 Å². The maximum Gasteiger partial charge on any atom is 0.269 e. The van der Waals surface area contributed by atoms with E-state index in [1.807, 2.05) is 6.07 Å². The number of aromatic nitrogens is 2.